The molecule has 11 nitrogen and oxygen atoms in total. The molecule has 0 aliphatic carbocycles. The van der Waals surface area contributed by atoms with E-state index in [9.17, 15) is 0 Å². The molecule has 1 saturated heterocycles. The first-order valence-corrected chi connectivity index (χ1v) is 15.6. The van der Waals surface area contributed by atoms with Crippen molar-refractivity contribution in [2.45, 2.75) is 6.92 Å². The molecule has 2 aliphatic heterocycles. The van der Waals surface area contributed by atoms with Gasteiger partial charge in [0.2, 0.25) is 5.95 Å². The summed E-state index contributed by atoms with van der Waals surface area (Å²) in [6.07, 6.45) is 3.58. The summed E-state index contributed by atoms with van der Waals surface area (Å²) < 4.78 is 5.39. The largest absolute Gasteiger partial charge is 0.378 e. The summed E-state index contributed by atoms with van der Waals surface area (Å²) in [5.41, 5.74) is 14.4. The summed E-state index contributed by atoms with van der Waals surface area (Å²) in [6.45, 7) is 6.20. The Balaban J connectivity index is 0.000000176. The van der Waals surface area contributed by atoms with Gasteiger partial charge in [-0.15, -0.1) is 0 Å². The van der Waals surface area contributed by atoms with Crippen molar-refractivity contribution < 1.29 is 4.74 Å². The van der Waals surface area contributed by atoms with Crippen molar-refractivity contribution in [1.29, 1.82) is 0 Å². The van der Waals surface area contributed by atoms with E-state index in [0.717, 1.165) is 65.7 Å². The normalized spacial score (nSPS) is 13.9. The summed E-state index contributed by atoms with van der Waals surface area (Å²) in [7, 11) is 3.75. The number of para-hydroxylation sites is 4. The molecular weight excluding hydrogens is 588 g/mol. The highest BCUT2D eigenvalue weighted by molar-refractivity contribution is 5.94. The summed E-state index contributed by atoms with van der Waals surface area (Å²) in [5.74, 6) is 1.45. The van der Waals surface area contributed by atoms with Crippen LogP contribution in [0.5, 0.6) is 0 Å². The van der Waals surface area contributed by atoms with Gasteiger partial charge in [0.15, 0.2) is 0 Å². The third kappa shape index (κ3) is 9.98. The van der Waals surface area contributed by atoms with Gasteiger partial charge in [0.05, 0.1) is 54.6 Å². The fraction of sp³-hybridized carbons (Fsp3) is 0.222. The lowest BCUT2D eigenvalue weighted by Gasteiger charge is -2.28. The van der Waals surface area contributed by atoms with E-state index in [4.69, 9.17) is 4.74 Å². The molecule has 47 heavy (non-hydrogen) atoms. The van der Waals surface area contributed by atoms with Crippen molar-refractivity contribution in [2.24, 2.45) is 15.2 Å². The Morgan fingerprint density at radius 2 is 1.43 bits per heavy atom. The topological polar surface area (TPSA) is 126 Å². The van der Waals surface area contributed by atoms with E-state index in [1.165, 1.54) is 11.3 Å². The van der Waals surface area contributed by atoms with Crippen molar-refractivity contribution in [1.82, 2.24) is 20.7 Å². The van der Waals surface area contributed by atoms with E-state index in [1.807, 2.05) is 81.0 Å². The van der Waals surface area contributed by atoms with Crippen molar-refractivity contribution in [3.63, 3.8) is 0 Å². The lowest BCUT2D eigenvalue weighted by molar-refractivity contribution is 0.122. The summed E-state index contributed by atoms with van der Waals surface area (Å²) in [5, 5.41) is 14.5. The predicted octanol–water partition coefficient (Wildman–Crippen LogP) is 5.76. The molecule has 242 valence electrons. The van der Waals surface area contributed by atoms with Crippen LogP contribution in [-0.4, -0.2) is 75.2 Å². The number of benzene rings is 4. The number of aromatic amines is 1. The number of hydrogen-bond donors (Lipinski definition) is 5. The van der Waals surface area contributed by atoms with Crippen LogP contribution in [0.15, 0.2) is 112 Å². The molecule has 1 fully saturated rings. The fourth-order valence-corrected chi connectivity index (χ4v) is 4.75. The number of nitrogens with zero attached hydrogens (tertiary/aromatic N) is 5. The minimum atomic E-state index is 0.643. The summed E-state index contributed by atoms with van der Waals surface area (Å²) in [6, 6.07) is 32.4. The minimum Gasteiger partial charge on any atom is -0.378 e. The maximum Gasteiger partial charge on any atom is 0.222 e. The van der Waals surface area contributed by atoms with Crippen molar-refractivity contribution in [2.75, 3.05) is 62.6 Å². The van der Waals surface area contributed by atoms with E-state index in [-0.39, 0.29) is 0 Å². The molecule has 0 unspecified atom stereocenters. The lowest BCUT2D eigenvalue weighted by atomic mass is 10.2. The molecular formula is C36H42N10O. The molecule has 0 spiro atoms. The van der Waals surface area contributed by atoms with Gasteiger partial charge in [-0.3, -0.25) is 5.43 Å². The number of morpholine rings is 1. The zero-order chi connectivity index (χ0) is 32.7. The number of rotatable bonds is 6. The van der Waals surface area contributed by atoms with Crippen molar-refractivity contribution in [3.05, 3.63) is 114 Å². The smallest absolute Gasteiger partial charge is 0.222 e. The van der Waals surface area contributed by atoms with E-state index in [0.29, 0.717) is 12.5 Å². The van der Waals surface area contributed by atoms with E-state index >= 15 is 0 Å². The number of nitrogens with one attached hydrogen (secondary N) is 5. The molecule has 0 bridgehead atoms. The summed E-state index contributed by atoms with van der Waals surface area (Å²) in [4.78, 5) is 14.4. The SMILES string of the molecule is C(=N/NC1=Nc2ccccc2NC1)/c1ccc(N2CCOCC2)cc1.CNC.Cc1ccc(/C=N\Nc2nc3ccccc3[nH]2)cc1. The summed E-state index contributed by atoms with van der Waals surface area (Å²) >= 11 is 0. The van der Waals surface area contributed by atoms with Crippen LogP contribution >= 0.6 is 0 Å². The van der Waals surface area contributed by atoms with Crippen molar-refractivity contribution >= 4 is 52.3 Å². The number of aryl methyl sites for hydroxylation is 1. The molecule has 5 N–H and O–H groups in total. The van der Waals surface area contributed by atoms with Crippen LogP contribution in [0, 0.1) is 6.92 Å². The molecule has 0 atom stereocenters. The lowest BCUT2D eigenvalue weighted by Crippen LogP contribution is -2.36. The number of hydrogen-bond acceptors (Lipinski definition) is 10. The zero-order valence-corrected chi connectivity index (χ0v) is 27.1. The molecule has 5 aromatic rings. The van der Waals surface area contributed by atoms with Gasteiger partial charge in [0.25, 0.3) is 0 Å². The van der Waals surface area contributed by atoms with E-state index in [1.54, 1.807) is 6.21 Å². The van der Waals surface area contributed by atoms with Gasteiger partial charge in [-0.2, -0.15) is 10.2 Å². The van der Waals surface area contributed by atoms with Gasteiger partial charge >= 0.3 is 0 Å². The van der Waals surface area contributed by atoms with Crippen LogP contribution in [0.25, 0.3) is 11.0 Å². The highest BCUT2D eigenvalue weighted by Gasteiger charge is 2.11. The van der Waals surface area contributed by atoms with Gasteiger partial charge < -0.3 is 25.3 Å². The first-order valence-electron chi connectivity index (χ1n) is 15.6. The van der Waals surface area contributed by atoms with Crippen LogP contribution in [0.4, 0.5) is 23.0 Å². The monoisotopic (exact) mass is 630 g/mol. The van der Waals surface area contributed by atoms with Crippen LogP contribution < -0.4 is 26.4 Å². The Kier molecular flexibility index (Phi) is 12.1. The highest BCUT2D eigenvalue weighted by Crippen LogP contribution is 2.26. The number of aliphatic imine (C=N–C) groups is 1. The van der Waals surface area contributed by atoms with Gasteiger partial charge in [-0.25, -0.2) is 15.4 Å². The Morgan fingerprint density at radius 1 is 0.787 bits per heavy atom. The molecule has 0 radical (unpaired) electrons. The highest BCUT2D eigenvalue weighted by atomic mass is 16.5. The molecule has 0 amide bonds. The standard InChI is InChI=1S/C19H21N5O.C15H14N4.C2H7N/c1-2-4-18-17(3-1)20-14-19(22-18)23-21-13-15-5-7-16(8-6-15)24-9-11-25-12-10-24;1-11-6-8-12(9-7-11)10-16-19-15-17-13-4-2-3-5-14(13)18-15;1-3-2/h1-8,13,20H,9-12,14H2,(H,22,23);2-10H,1H3,(H2,17,18,19);3H,1-2H3/b21-13-;16-10-;. The average Bonchev–Trinajstić information content (AvgIpc) is 3.53. The molecule has 7 rings (SSSR count). The van der Waals surface area contributed by atoms with Crippen molar-refractivity contribution in [3.8, 4) is 0 Å². The number of hydrazone groups is 2. The fourth-order valence-electron chi connectivity index (χ4n) is 4.75. The van der Waals surface area contributed by atoms with Crippen LogP contribution in [0.1, 0.15) is 16.7 Å². The maximum atomic E-state index is 5.39. The number of anilines is 3. The zero-order valence-electron chi connectivity index (χ0n) is 27.1. The number of fused-ring (bicyclic) bond motifs is 2. The van der Waals surface area contributed by atoms with Gasteiger partial charge in [-0.05, 0) is 68.5 Å². The average molecular weight is 631 g/mol. The Hall–Kier alpha value is -5.52. The minimum absolute atomic E-state index is 0.643. The Labute approximate surface area is 275 Å². The Morgan fingerprint density at radius 3 is 2.15 bits per heavy atom. The second kappa shape index (κ2) is 17.2. The molecule has 4 aromatic carbocycles. The second-order valence-electron chi connectivity index (χ2n) is 10.9. The molecule has 1 aromatic heterocycles. The van der Waals surface area contributed by atoms with Gasteiger partial charge in [0, 0.05) is 18.8 Å². The molecule has 0 saturated carbocycles. The molecule has 2 aliphatic rings. The number of imidazole rings is 1. The van der Waals surface area contributed by atoms with E-state index in [2.05, 4.69) is 94.9 Å². The van der Waals surface area contributed by atoms with Crippen LogP contribution in [0.3, 0.4) is 0 Å². The number of ether oxygens (including phenoxy) is 1. The first kappa shape index (κ1) is 32.9. The van der Waals surface area contributed by atoms with Crippen LogP contribution in [-0.2, 0) is 4.74 Å². The molecule has 3 heterocycles. The van der Waals surface area contributed by atoms with Gasteiger partial charge in [0.1, 0.15) is 5.84 Å². The quantitative estimate of drug-likeness (QED) is 0.119. The maximum absolute atomic E-state index is 5.39. The van der Waals surface area contributed by atoms with Gasteiger partial charge in [-0.1, -0.05) is 66.2 Å². The second-order valence-corrected chi connectivity index (χ2v) is 10.9. The third-order valence-corrected chi connectivity index (χ3v) is 7.13. The third-order valence-electron chi connectivity index (χ3n) is 7.13. The Bertz CT molecular complexity index is 1740. The van der Waals surface area contributed by atoms with Crippen LogP contribution in [0.2, 0.25) is 0 Å². The first-order chi connectivity index (χ1) is 23.1. The number of aromatic nitrogens is 2. The number of amidine groups is 1. The van der Waals surface area contributed by atoms with E-state index < -0.39 is 0 Å². The number of H-pyrrole nitrogens is 1. The molecule has 11 heteroatoms. The predicted molar refractivity (Wildman–Crippen MR) is 196 cm³/mol.